The smallest absolute Gasteiger partial charge is 0.0935 e. The van der Waals surface area contributed by atoms with Crippen LogP contribution in [-0.2, 0) is 0 Å². The minimum Gasteiger partial charge on any atom is -0.389 e. The van der Waals surface area contributed by atoms with Crippen LogP contribution in [0.5, 0.6) is 0 Å². The van der Waals surface area contributed by atoms with Gasteiger partial charge in [0, 0.05) is 37.9 Å². The number of hydrogen-bond acceptors (Lipinski definition) is 4. The summed E-state index contributed by atoms with van der Waals surface area (Å²) in [6.45, 7) is 1.94. The zero-order valence-electron chi connectivity index (χ0n) is 8.46. The van der Waals surface area contributed by atoms with Crippen LogP contribution in [0.4, 0.5) is 0 Å². The lowest BCUT2D eigenvalue weighted by Gasteiger charge is -2.18. The molecule has 0 aliphatic rings. The minimum atomic E-state index is -0.777. The Hall–Kier alpha value is 0.710. The Morgan fingerprint density at radius 1 is 0.867 bits per heavy atom. The van der Waals surface area contributed by atoms with Gasteiger partial charge in [0.25, 0.3) is 0 Å². The molecule has 0 saturated carbocycles. The number of hydrogen-bond donors (Lipinski definition) is 4. The van der Waals surface area contributed by atoms with Crippen LogP contribution in [0.2, 0.25) is 0 Å². The van der Waals surface area contributed by atoms with E-state index in [-0.39, 0.29) is 12.4 Å². The second-order valence-corrected chi connectivity index (χ2v) is 3.68. The maximum Gasteiger partial charge on any atom is 0.0935 e. The second kappa shape index (κ2) is 12.8. The first-order valence-electron chi connectivity index (χ1n) is 4.61. The summed E-state index contributed by atoms with van der Waals surface area (Å²) < 4.78 is 0. The van der Waals surface area contributed by atoms with Crippen LogP contribution in [0.15, 0.2) is 0 Å². The van der Waals surface area contributed by atoms with E-state index in [0.29, 0.717) is 37.9 Å². The summed E-state index contributed by atoms with van der Waals surface area (Å²) in [5.41, 5.74) is 0. The molecule has 94 valence electrons. The highest BCUT2D eigenvalue weighted by molar-refractivity contribution is 6.18. The molecule has 0 amide bonds. The van der Waals surface area contributed by atoms with Crippen LogP contribution >= 0.6 is 35.6 Å². The van der Waals surface area contributed by atoms with Gasteiger partial charge in [-0.15, -0.1) is 35.6 Å². The van der Waals surface area contributed by atoms with Crippen molar-refractivity contribution in [3.05, 3.63) is 0 Å². The first kappa shape index (κ1) is 18.1. The predicted octanol–water partition coefficient (Wildman–Crippen LogP) is -0.213. The zero-order valence-corrected chi connectivity index (χ0v) is 10.8. The SMILES string of the molecule is Cl.O[C@H](CNCCCl)[C@H](O)CNCCCl. The van der Waals surface area contributed by atoms with E-state index in [0.717, 1.165) is 0 Å². The Bertz CT molecular complexity index is 118. The van der Waals surface area contributed by atoms with Crippen LogP contribution in [0, 0.1) is 0 Å². The van der Waals surface area contributed by atoms with Crippen LogP contribution < -0.4 is 10.6 Å². The van der Waals surface area contributed by atoms with Crippen molar-refractivity contribution in [3.63, 3.8) is 0 Å². The molecule has 0 bridgehead atoms. The third-order valence-corrected chi connectivity index (χ3v) is 2.07. The van der Waals surface area contributed by atoms with Crippen LogP contribution in [0.1, 0.15) is 0 Å². The summed E-state index contributed by atoms with van der Waals surface area (Å²) in [4.78, 5) is 0. The van der Waals surface area contributed by atoms with Gasteiger partial charge in [0.15, 0.2) is 0 Å². The van der Waals surface area contributed by atoms with Crippen LogP contribution in [0.3, 0.4) is 0 Å². The molecule has 0 aliphatic carbocycles. The highest BCUT2D eigenvalue weighted by atomic mass is 35.5. The molecule has 4 N–H and O–H groups in total. The molecule has 0 saturated heterocycles. The fourth-order valence-corrected chi connectivity index (χ4v) is 1.17. The Kier molecular flexibility index (Phi) is 15.4. The predicted molar refractivity (Wildman–Crippen MR) is 66.4 cm³/mol. The van der Waals surface area contributed by atoms with E-state index < -0.39 is 12.2 Å². The van der Waals surface area contributed by atoms with Crippen molar-refractivity contribution in [3.8, 4) is 0 Å². The molecule has 0 aliphatic heterocycles. The third-order valence-electron chi connectivity index (χ3n) is 1.69. The van der Waals surface area contributed by atoms with Gasteiger partial charge in [-0.05, 0) is 0 Å². The Balaban J connectivity index is 0. The number of alkyl halides is 2. The molecule has 7 heteroatoms. The fourth-order valence-electron chi connectivity index (χ4n) is 0.906. The summed E-state index contributed by atoms with van der Waals surface area (Å²) >= 11 is 10.9. The number of aliphatic hydroxyl groups excluding tert-OH is 2. The van der Waals surface area contributed by atoms with Gasteiger partial charge in [0.05, 0.1) is 12.2 Å². The van der Waals surface area contributed by atoms with Gasteiger partial charge < -0.3 is 20.8 Å². The molecular weight excluding hydrogens is 262 g/mol. The van der Waals surface area contributed by atoms with Gasteiger partial charge in [-0.25, -0.2) is 0 Å². The van der Waals surface area contributed by atoms with E-state index in [1.54, 1.807) is 0 Å². The van der Waals surface area contributed by atoms with Crippen molar-refractivity contribution >= 4 is 35.6 Å². The van der Waals surface area contributed by atoms with Gasteiger partial charge in [-0.3, -0.25) is 0 Å². The van der Waals surface area contributed by atoms with Gasteiger partial charge in [0.1, 0.15) is 0 Å². The first-order valence-corrected chi connectivity index (χ1v) is 5.68. The van der Waals surface area contributed by atoms with Crippen molar-refractivity contribution < 1.29 is 10.2 Å². The highest BCUT2D eigenvalue weighted by Gasteiger charge is 2.14. The van der Waals surface area contributed by atoms with Crippen LogP contribution in [0.25, 0.3) is 0 Å². The number of nitrogens with one attached hydrogen (secondary N) is 2. The molecule has 0 aromatic carbocycles. The fraction of sp³-hybridized carbons (Fsp3) is 1.00. The summed E-state index contributed by atoms with van der Waals surface area (Å²) in [6, 6.07) is 0. The number of aliphatic hydroxyl groups is 2. The van der Waals surface area contributed by atoms with Gasteiger partial charge in [-0.1, -0.05) is 0 Å². The van der Waals surface area contributed by atoms with E-state index in [1.165, 1.54) is 0 Å². The van der Waals surface area contributed by atoms with E-state index in [2.05, 4.69) is 10.6 Å². The summed E-state index contributed by atoms with van der Waals surface area (Å²) in [5, 5.41) is 24.7. The van der Waals surface area contributed by atoms with Gasteiger partial charge in [-0.2, -0.15) is 0 Å². The van der Waals surface area contributed by atoms with Crippen molar-refractivity contribution in [1.82, 2.24) is 10.6 Å². The molecule has 0 unspecified atom stereocenters. The summed E-state index contributed by atoms with van der Waals surface area (Å²) in [6.07, 6.45) is -1.55. The molecule has 0 heterocycles. The molecule has 0 aromatic heterocycles. The summed E-state index contributed by atoms with van der Waals surface area (Å²) in [5.74, 6) is 0.987. The topological polar surface area (TPSA) is 64.5 Å². The first-order chi connectivity index (χ1) is 6.72. The van der Waals surface area contributed by atoms with E-state index in [1.807, 2.05) is 0 Å². The molecule has 0 rings (SSSR count). The van der Waals surface area contributed by atoms with Crippen molar-refractivity contribution in [2.45, 2.75) is 12.2 Å². The Labute approximate surface area is 107 Å². The monoisotopic (exact) mass is 280 g/mol. The quantitative estimate of drug-likeness (QED) is 0.349. The average Bonchev–Trinajstić information content (AvgIpc) is 2.18. The molecule has 2 atom stereocenters. The van der Waals surface area contributed by atoms with Gasteiger partial charge >= 0.3 is 0 Å². The zero-order chi connectivity index (χ0) is 10.8. The lowest BCUT2D eigenvalue weighted by atomic mass is 10.2. The lowest BCUT2D eigenvalue weighted by Crippen LogP contribution is -2.42. The summed E-state index contributed by atoms with van der Waals surface area (Å²) in [7, 11) is 0. The highest BCUT2D eigenvalue weighted by Crippen LogP contribution is 1.90. The van der Waals surface area contributed by atoms with Crippen molar-refractivity contribution in [2.24, 2.45) is 0 Å². The Morgan fingerprint density at radius 3 is 1.47 bits per heavy atom. The van der Waals surface area contributed by atoms with E-state index >= 15 is 0 Å². The molecule has 0 spiro atoms. The molecule has 4 nitrogen and oxygen atoms in total. The Morgan fingerprint density at radius 2 is 1.20 bits per heavy atom. The van der Waals surface area contributed by atoms with E-state index in [9.17, 15) is 10.2 Å². The molecule has 15 heavy (non-hydrogen) atoms. The largest absolute Gasteiger partial charge is 0.389 e. The van der Waals surface area contributed by atoms with Gasteiger partial charge in [0.2, 0.25) is 0 Å². The standard InChI is InChI=1S/C8H18Cl2N2O2.ClH/c9-1-3-11-5-7(13)8(14)6-12-4-2-10;/h7-8,11-14H,1-6H2;1H/t7-,8-;/m1./s1. The normalized spacial score (nSPS) is 14.4. The maximum atomic E-state index is 9.42. The maximum absolute atomic E-state index is 9.42. The third kappa shape index (κ3) is 11.0. The molecule has 0 fully saturated rings. The molecule has 0 radical (unpaired) electrons. The second-order valence-electron chi connectivity index (χ2n) is 2.92. The lowest BCUT2D eigenvalue weighted by molar-refractivity contribution is 0.0216. The average molecular weight is 282 g/mol. The molecular formula is C8H19Cl3N2O2. The molecule has 0 aromatic rings. The number of halogens is 3. The van der Waals surface area contributed by atoms with Crippen LogP contribution in [-0.4, -0.2) is 60.4 Å². The van der Waals surface area contributed by atoms with Crippen molar-refractivity contribution in [2.75, 3.05) is 37.9 Å². The van der Waals surface area contributed by atoms with E-state index in [4.69, 9.17) is 23.2 Å². The van der Waals surface area contributed by atoms with Crippen molar-refractivity contribution in [1.29, 1.82) is 0 Å². The number of rotatable bonds is 9. The minimum absolute atomic E-state index is 0.